The van der Waals surface area contributed by atoms with Crippen molar-refractivity contribution in [3.8, 4) is 5.75 Å². The molecule has 0 saturated carbocycles. The number of phenolic OH excluding ortho intramolecular Hbond substituents is 1. The van der Waals surface area contributed by atoms with E-state index < -0.39 is 0 Å². The molecule has 3 nitrogen and oxygen atoms in total. The van der Waals surface area contributed by atoms with Crippen LogP contribution in [0.1, 0.15) is 5.56 Å². The van der Waals surface area contributed by atoms with Crippen LogP contribution in [0.2, 0.25) is 0 Å². The Bertz CT molecular complexity index is 1090. The van der Waals surface area contributed by atoms with Gasteiger partial charge in [-0.2, -0.15) is 0 Å². The Hall–Kier alpha value is -3.20. The first-order chi connectivity index (χ1) is 11.5. The van der Waals surface area contributed by atoms with Crippen LogP contribution in [0, 0.1) is 6.92 Å². The maximum absolute atomic E-state index is 10.2. The van der Waals surface area contributed by atoms with Gasteiger partial charge in [0.05, 0.1) is 0 Å². The van der Waals surface area contributed by atoms with E-state index in [1.807, 2.05) is 30.3 Å². The fraction of sp³-hybridized carbons (Fsp3) is 0.0476. The number of anilines is 2. The number of nitrogen functional groups attached to an aromatic ring is 2. The maximum Gasteiger partial charge on any atom is 0.116 e. The number of benzene rings is 5. The van der Waals surface area contributed by atoms with Crippen molar-refractivity contribution in [2.75, 3.05) is 11.5 Å². The molecular formula is C21H16N2O. The molecular weight excluding hydrogens is 296 g/mol. The van der Waals surface area contributed by atoms with E-state index in [-0.39, 0.29) is 5.75 Å². The highest BCUT2D eigenvalue weighted by molar-refractivity contribution is 6.34. The lowest BCUT2D eigenvalue weighted by atomic mass is 9.88. The molecule has 0 aliphatic carbocycles. The zero-order valence-corrected chi connectivity index (χ0v) is 13.2. The number of aromatic hydroxyl groups is 1. The van der Waals surface area contributed by atoms with Crippen molar-refractivity contribution in [2.45, 2.75) is 6.92 Å². The van der Waals surface area contributed by atoms with Gasteiger partial charge in [0.25, 0.3) is 0 Å². The standard InChI is InChI=1S/C21H16N2O/c1-10-2-11-4-13(22)7-17-18-8-14(23)5-12-6-15(24)9-19(21(12)18)16(3-10)20(11)17/h2-9,24H,22-23H2,1H3. The minimum Gasteiger partial charge on any atom is -0.508 e. The van der Waals surface area contributed by atoms with Gasteiger partial charge in [-0.05, 0) is 92.0 Å². The molecule has 5 aromatic carbocycles. The van der Waals surface area contributed by atoms with Crippen LogP contribution in [0.5, 0.6) is 5.75 Å². The second-order valence-corrected chi connectivity index (χ2v) is 6.64. The third kappa shape index (κ3) is 1.61. The summed E-state index contributed by atoms with van der Waals surface area (Å²) < 4.78 is 0. The Kier molecular flexibility index (Phi) is 2.32. The average molecular weight is 312 g/mol. The Morgan fingerprint density at radius 2 is 1.12 bits per heavy atom. The van der Waals surface area contributed by atoms with Crippen LogP contribution in [0.15, 0.2) is 48.5 Å². The summed E-state index contributed by atoms with van der Waals surface area (Å²) in [7, 11) is 0. The minimum atomic E-state index is 0.252. The first-order valence-corrected chi connectivity index (χ1v) is 7.92. The van der Waals surface area contributed by atoms with Crippen molar-refractivity contribution in [1.29, 1.82) is 0 Å². The Labute approximate surface area is 138 Å². The van der Waals surface area contributed by atoms with E-state index in [0.717, 1.165) is 43.4 Å². The van der Waals surface area contributed by atoms with E-state index >= 15 is 0 Å². The van der Waals surface area contributed by atoms with Crippen LogP contribution in [-0.4, -0.2) is 5.11 Å². The Morgan fingerprint density at radius 3 is 1.75 bits per heavy atom. The van der Waals surface area contributed by atoms with E-state index in [1.165, 1.54) is 10.9 Å². The predicted molar refractivity (Wildman–Crippen MR) is 103 cm³/mol. The van der Waals surface area contributed by atoms with Gasteiger partial charge in [0, 0.05) is 11.4 Å². The van der Waals surface area contributed by atoms with Gasteiger partial charge in [-0.1, -0.05) is 12.1 Å². The van der Waals surface area contributed by atoms with Crippen molar-refractivity contribution in [3.63, 3.8) is 0 Å². The first kappa shape index (κ1) is 13.3. The summed E-state index contributed by atoms with van der Waals surface area (Å²) in [6.07, 6.45) is 0. The molecule has 0 radical (unpaired) electrons. The molecule has 0 heterocycles. The molecule has 0 spiro atoms. The van der Waals surface area contributed by atoms with Crippen LogP contribution in [-0.2, 0) is 0 Å². The van der Waals surface area contributed by atoms with Gasteiger partial charge in [0.2, 0.25) is 0 Å². The molecule has 5 N–H and O–H groups in total. The fourth-order valence-electron chi connectivity index (χ4n) is 4.06. The number of fused-ring (bicyclic) bond motifs is 2. The molecule has 0 fully saturated rings. The van der Waals surface area contributed by atoms with Gasteiger partial charge in [-0.3, -0.25) is 0 Å². The van der Waals surface area contributed by atoms with Crippen molar-refractivity contribution < 1.29 is 5.11 Å². The van der Waals surface area contributed by atoms with Crippen LogP contribution in [0.3, 0.4) is 0 Å². The lowest BCUT2D eigenvalue weighted by molar-refractivity contribution is 0.477. The van der Waals surface area contributed by atoms with Gasteiger partial charge in [0.1, 0.15) is 5.75 Å². The monoisotopic (exact) mass is 312 g/mol. The van der Waals surface area contributed by atoms with Gasteiger partial charge in [-0.25, -0.2) is 0 Å². The third-order valence-electron chi connectivity index (χ3n) is 4.85. The molecule has 0 saturated heterocycles. The Morgan fingerprint density at radius 1 is 0.625 bits per heavy atom. The number of aryl methyl sites for hydroxylation is 1. The number of hydrogen-bond donors (Lipinski definition) is 3. The zero-order valence-electron chi connectivity index (χ0n) is 13.2. The normalized spacial score (nSPS) is 12.0. The molecule has 3 heteroatoms. The largest absolute Gasteiger partial charge is 0.508 e. The second kappa shape index (κ2) is 4.20. The predicted octanol–water partition coefficient (Wildman–Crippen LogP) is 4.92. The molecule has 24 heavy (non-hydrogen) atoms. The quantitative estimate of drug-likeness (QED) is 0.216. The molecule has 0 aliphatic rings. The van der Waals surface area contributed by atoms with E-state index in [2.05, 4.69) is 19.1 Å². The zero-order chi connectivity index (χ0) is 16.6. The van der Waals surface area contributed by atoms with Crippen molar-refractivity contribution in [1.82, 2.24) is 0 Å². The molecule has 0 atom stereocenters. The summed E-state index contributed by atoms with van der Waals surface area (Å²) in [6, 6.07) is 15.9. The van der Waals surface area contributed by atoms with E-state index in [0.29, 0.717) is 5.69 Å². The number of hydrogen-bond acceptors (Lipinski definition) is 3. The molecule has 5 rings (SSSR count). The summed E-state index contributed by atoms with van der Waals surface area (Å²) >= 11 is 0. The van der Waals surface area contributed by atoms with Crippen molar-refractivity contribution in [3.05, 3.63) is 54.1 Å². The lowest BCUT2D eigenvalue weighted by Gasteiger charge is -2.16. The number of phenols is 1. The highest BCUT2D eigenvalue weighted by atomic mass is 16.3. The molecule has 0 bridgehead atoms. The van der Waals surface area contributed by atoms with E-state index in [1.54, 1.807) is 6.07 Å². The van der Waals surface area contributed by atoms with Crippen molar-refractivity contribution in [2.24, 2.45) is 0 Å². The van der Waals surface area contributed by atoms with Gasteiger partial charge < -0.3 is 16.6 Å². The SMILES string of the molecule is Cc1cc2cc(N)cc3c4cc(N)cc5cc(O)cc(c(c1)c23)c54. The molecule has 0 amide bonds. The number of rotatable bonds is 0. The van der Waals surface area contributed by atoms with Gasteiger partial charge in [0.15, 0.2) is 0 Å². The first-order valence-electron chi connectivity index (χ1n) is 7.92. The summed E-state index contributed by atoms with van der Waals surface area (Å²) in [4.78, 5) is 0. The molecule has 5 aromatic rings. The highest BCUT2D eigenvalue weighted by Crippen LogP contribution is 2.43. The molecule has 0 unspecified atom stereocenters. The Balaban J connectivity index is 2.26. The average Bonchev–Trinajstić information content (AvgIpc) is 2.50. The molecule has 0 aliphatic heterocycles. The summed E-state index contributed by atoms with van der Waals surface area (Å²) in [5, 5.41) is 18.9. The van der Waals surface area contributed by atoms with Gasteiger partial charge >= 0.3 is 0 Å². The molecule has 116 valence electrons. The second-order valence-electron chi connectivity index (χ2n) is 6.64. The van der Waals surface area contributed by atoms with Crippen LogP contribution in [0.25, 0.3) is 43.1 Å². The maximum atomic E-state index is 10.2. The smallest absolute Gasteiger partial charge is 0.116 e. The summed E-state index contributed by atoms with van der Waals surface area (Å²) in [5.74, 6) is 0.252. The summed E-state index contributed by atoms with van der Waals surface area (Å²) in [5.41, 5.74) is 14.9. The lowest BCUT2D eigenvalue weighted by Crippen LogP contribution is -1.93. The topological polar surface area (TPSA) is 72.3 Å². The molecule has 0 aromatic heterocycles. The third-order valence-corrected chi connectivity index (χ3v) is 4.85. The highest BCUT2D eigenvalue weighted by Gasteiger charge is 2.15. The summed E-state index contributed by atoms with van der Waals surface area (Å²) in [6.45, 7) is 2.08. The number of nitrogens with two attached hydrogens (primary N) is 2. The minimum absolute atomic E-state index is 0.252. The fourth-order valence-corrected chi connectivity index (χ4v) is 4.06. The van der Waals surface area contributed by atoms with Crippen molar-refractivity contribution >= 4 is 54.5 Å². The van der Waals surface area contributed by atoms with E-state index in [4.69, 9.17) is 11.5 Å². The van der Waals surface area contributed by atoms with Gasteiger partial charge in [-0.15, -0.1) is 0 Å². The van der Waals surface area contributed by atoms with Crippen LogP contribution in [0.4, 0.5) is 11.4 Å². The van der Waals surface area contributed by atoms with E-state index in [9.17, 15) is 5.11 Å². The van der Waals surface area contributed by atoms with Crippen LogP contribution >= 0.6 is 0 Å². The van der Waals surface area contributed by atoms with Crippen LogP contribution < -0.4 is 11.5 Å².